The van der Waals surface area contributed by atoms with Crippen molar-refractivity contribution < 1.29 is 19.1 Å². The van der Waals surface area contributed by atoms with Crippen LogP contribution in [0, 0.1) is 0 Å². The van der Waals surface area contributed by atoms with Crippen molar-refractivity contribution in [3.05, 3.63) is 41.1 Å². The molecule has 0 aliphatic carbocycles. The van der Waals surface area contributed by atoms with Gasteiger partial charge in [0.1, 0.15) is 5.75 Å². The lowest BCUT2D eigenvalue weighted by Gasteiger charge is -2.28. The third kappa shape index (κ3) is 4.98. The van der Waals surface area contributed by atoms with E-state index in [9.17, 15) is 9.59 Å². The predicted octanol–water partition coefficient (Wildman–Crippen LogP) is 3.45. The average molecular weight is 346 g/mol. The van der Waals surface area contributed by atoms with Gasteiger partial charge in [-0.25, -0.2) is 9.59 Å². The minimum atomic E-state index is -0.562. The van der Waals surface area contributed by atoms with Gasteiger partial charge in [-0.3, -0.25) is 0 Å². The zero-order chi connectivity index (χ0) is 18.2. The summed E-state index contributed by atoms with van der Waals surface area (Å²) in [6, 6.07) is 6.47. The van der Waals surface area contributed by atoms with Gasteiger partial charge in [-0.1, -0.05) is 31.9 Å². The van der Waals surface area contributed by atoms with Crippen molar-refractivity contribution >= 4 is 12.0 Å². The van der Waals surface area contributed by atoms with Gasteiger partial charge in [0, 0.05) is 5.70 Å². The van der Waals surface area contributed by atoms with Gasteiger partial charge in [-0.2, -0.15) is 0 Å². The van der Waals surface area contributed by atoms with E-state index in [1.807, 2.05) is 31.2 Å². The standard InChI is InChI=1S/C19H26N2O4/c1-4-6-7-11-25-18(22)16-13(3)20-19(23)21-17(16)14-9-8-10-15(12-14)24-5-2/h8-10,12,17H,4-7,11H2,1-3H3,(H2,20,21,23)/t17-/m0/s1. The molecule has 0 unspecified atom stereocenters. The SMILES string of the molecule is CCCCCOC(=O)C1=C(C)NC(=O)N[C@H]1c1cccc(OCC)c1. The largest absolute Gasteiger partial charge is 0.494 e. The topological polar surface area (TPSA) is 76.7 Å². The zero-order valence-electron chi connectivity index (χ0n) is 15.1. The lowest BCUT2D eigenvalue weighted by molar-refractivity contribution is -0.139. The van der Waals surface area contributed by atoms with Gasteiger partial charge in [0.25, 0.3) is 0 Å². The van der Waals surface area contributed by atoms with Gasteiger partial charge in [0.2, 0.25) is 0 Å². The monoisotopic (exact) mass is 346 g/mol. The van der Waals surface area contributed by atoms with Gasteiger partial charge in [0.15, 0.2) is 0 Å². The summed E-state index contributed by atoms with van der Waals surface area (Å²) >= 11 is 0. The summed E-state index contributed by atoms with van der Waals surface area (Å²) < 4.78 is 10.9. The predicted molar refractivity (Wildman–Crippen MR) is 95.2 cm³/mol. The Bertz CT molecular complexity index is 655. The second-order valence-electron chi connectivity index (χ2n) is 5.92. The van der Waals surface area contributed by atoms with Crippen LogP contribution in [0.25, 0.3) is 0 Å². The van der Waals surface area contributed by atoms with Crippen LogP contribution in [0.5, 0.6) is 5.75 Å². The molecule has 0 radical (unpaired) electrons. The highest BCUT2D eigenvalue weighted by molar-refractivity contribution is 5.95. The Labute approximate surface area is 148 Å². The molecule has 25 heavy (non-hydrogen) atoms. The first-order valence-corrected chi connectivity index (χ1v) is 8.75. The molecule has 6 heteroatoms. The van der Waals surface area contributed by atoms with Crippen molar-refractivity contribution in [3.8, 4) is 5.75 Å². The zero-order valence-corrected chi connectivity index (χ0v) is 15.1. The number of nitrogens with one attached hydrogen (secondary N) is 2. The second-order valence-corrected chi connectivity index (χ2v) is 5.92. The molecule has 1 aliphatic rings. The molecule has 0 saturated carbocycles. The molecule has 1 atom stereocenters. The molecule has 136 valence electrons. The van der Waals surface area contributed by atoms with Gasteiger partial charge >= 0.3 is 12.0 Å². The van der Waals surface area contributed by atoms with E-state index in [4.69, 9.17) is 9.47 Å². The normalized spacial score (nSPS) is 16.9. The van der Waals surface area contributed by atoms with E-state index < -0.39 is 12.0 Å². The number of allylic oxidation sites excluding steroid dienone is 1. The molecule has 2 N–H and O–H groups in total. The van der Waals surface area contributed by atoms with Crippen LogP contribution in [0.15, 0.2) is 35.5 Å². The molecule has 0 bridgehead atoms. The van der Waals surface area contributed by atoms with Gasteiger partial charge < -0.3 is 20.1 Å². The molecule has 1 heterocycles. The number of carbonyl (C=O) groups is 2. The number of hydrogen-bond acceptors (Lipinski definition) is 4. The van der Waals surface area contributed by atoms with Crippen molar-refractivity contribution in [2.24, 2.45) is 0 Å². The molecule has 0 spiro atoms. The first-order valence-electron chi connectivity index (χ1n) is 8.75. The maximum absolute atomic E-state index is 12.6. The van der Waals surface area contributed by atoms with Crippen LogP contribution in [0.3, 0.4) is 0 Å². The summed E-state index contributed by atoms with van der Waals surface area (Å²) in [5.41, 5.74) is 1.71. The quantitative estimate of drug-likeness (QED) is 0.558. The fourth-order valence-electron chi connectivity index (χ4n) is 2.76. The smallest absolute Gasteiger partial charge is 0.338 e. The van der Waals surface area contributed by atoms with Crippen LogP contribution in [0.1, 0.15) is 51.6 Å². The number of carbonyl (C=O) groups excluding carboxylic acids is 2. The summed E-state index contributed by atoms with van der Waals surface area (Å²) in [6.07, 6.45) is 2.91. The minimum absolute atomic E-state index is 0.341. The Balaban J connectivity index is 2.24. The summed E-state index contributed by atoms with van der Waals surface area (Å²) in [7, 11) is 0. The molecular weight excluding hydrogens is 320 g/mol. The van der Waals surface area contributed by atoms with Crippen molar-refractivity contribution in [2.45, 2.75) is 46.1 Å². The highest BCUT2D eigenvalue weighted by atomic mass is 16.5. The Hall–Kier alpha value is -2.50. The summed E-state index contributed by atoms with van der Waals surface area (Å²) in [5, 5.41) is 5.45. The lowest BCUT2D eigenvalue weighted by Crippen LogP contribution is -2.45. The molecule has 2 rings (SSSR count). The molecule has 1 aromatic rings. The summed E-state index contributed by atoms with van der Waals surface area (Å²) in [4.78, 5) is 24.5. The number of benzene rings is 1. The number of amides is 2. The van der Waals surface area contributed by atoms with Gasteiger partial charge in [0.05, 0.1) is 24.8 Å². The van der Waals surface area contributed by atoms with E-state index in [0.717, 1.165) is 24.8 Å². The van der Waals surface area contributed by atoms with Crippen LogP contribution in [-0.2, 0) is 9.53 Å². The Morgan fingerprint density at radius 3 is 2.76 bits per heavy atom. The first kappa shape index (κ1) is 18.8. The van der Waals surface area contributed by atoms with Crippen molar-refractivity contribution in [3.63, 3.8) is 0 Å². The Morgan fingerprint density at radius 1 is 1.24 bits per heavy atom. The fraction of sp³-hybridized carbons (Fsp3) is 0.474. The van der Waals surface area contributed by atoms with Crippen molar-refractivity contribution in [1.29, 1.82) is 0 Å². The highest BCUT2D eigenvalue weighted by Gasteiger charge is 2.32. The third-order valence-corrected chi connectivity index (χ3v) is 3.97. The van der Waals surface area contributed by atoms with E-state index in [1.54, 1.807) is 6.92 Å². The number of unbranched alkanes of at least 4 members (excludes halogenated alkanes) is 2. The highest BCUT2D eigenvalue weighted by Crippen LogP contribution is 2.29. The van der Waals surface area contributed by atoms with Crippen molar-refractivity contribution in [2.75, 3.05) is 13.2 Å². The summed E-state index contributed by atoms with van der Waals surface area (Å²) in [5.74, 6) is 0.286. The summed E-state index contributed by atoms with van der Waals surface area (Å²) in [6.45, 7) is 6.63. The Kier molecular flexibility index (Phi) is 6.86. The Morgan fingerprint density at radius 2 is 2.04 bits per heavy atom. The molecule has 0 fully saturated rings. The molecule has 2 amide bonds. The molecule has 1 aromatic carbocycles. The molecule has 1 aliphatic heterocycles. The number of hydrogen-bond donors (Lipinski definition) is 2. The average Bonchev–Trinajstić information content (AvgIpc) is 2.58. The number of urea groups is 1. The lowest BCUT2D eigenvalue weighted by atomic mass is 9.95. The van der Waals surface area contributed by atoms with E-state index in [-0.39, 0.29) is 6.03 Å². The third-order valence-electron chi connectivity index (χ3n) is 3.97. The number of rotatable bonds is 8. The van der Waals surface area contributed by atoms with Gasteiger partial charge in [-0.05, 0) is 38.0 Å². The van der Waals surface area contributed by atoms with E-state index in [0.29, 0.717) is 30.2 Å². The maximum atomic E-state index is 12.6. The molecule has 0 saturated heterocycles. The van der Waals surface area contributed by atoms with Crippen LogP contribution >= 0.6 is 0 Å². The van der Waals surface area contributed by atoms with E-state index in [1.165, 1.54) is 0 Å². The van der Waals surface area contributed by atoms with Crippen LogP contribution < -0.4 is 15.4 Å². The first-order chi connectivity index (χ1) is 12.1. The second kappa shape index (κ2) is 9.11. The van der Waals surface area contributed by atoms with Crippen LogP contribution in [0.4, 0.5) is 4.79 Å². The fourth-order valence-corrected chi connectivity index (χ4v) is 2.76. The van der Waals surface area contributed by atoms with Crippen molar-refractivity contribution in [1.82, 2.24) is 10.6 Å². The minimum Gasteiger partial charge on any atom is -0.494 e. The molecular formula is C19H26N2O4. The van der Waals surface area contributed by atoms with Crippen LogP contribution in [0.2, 0.25) is 0 Å². The molecule has 6 nitrogen and oxygen atoms in total. The van der Waals surface area contributed by atoms with E-state index in [2.05, 4.69) is 17.6 Å². The number of ether oxygens (including phenoxy) is 2. The molecule has 0 aromatic heterocycles. The van der Waals surface area contributed by atoms with Crippen LogP contribution in [-0.4, -0.2) is 25.2 Å². The van der Waals surface area contributed by atoms with Gasteiger partial charge in [-0.15, -0.1) is 0 Å². The number of esters is 1. The van der Waals surface area contributed by atoms with E-state index >= 15 is 0 Å². The maximum Gasteiger partial charge on any atom is 0.338 e.